The van der Waals surface area contributed by atoms with Gasteiger partial charge in [0.15, 0.2) is 0 Å². The quantitative estimate of drug-likeness (QED) is 0.773. The topological polar surface area (TPSA) is 78.5 Å². The van der Waals surface area contributed by atoms with E-state index in [1.807, 2.05) is 0 Å². The molecule has 0 radical (unpaired) electrons. The van der Waals surface area contributed by atoms with Crippen LogP contribution >= 0.6 is 12.4 Å². The van der Waals surface area contributed by atoms with Gasteiger partial charge in [-0.25, -0.2) is 8.42 Å². The van der Waals surface area contributed by atoms with Crippen LogP contribution < -0.4 is 10.6 Å². The third-order valence-corrected chi connectivity index (χ3v) is 7.37. The van der Waals surface area contributed by atoms with Crippen molar-refractivity contribution in [2.75, 3.05) is 32.7 Å². The van der Waals surface area contributed by atoms with Crippen LogP contribution in [0.3, 0.4) is 0 Å². The molecule has 1 amide bonds. The molecule has 2 aliphatic heterocycles. The standard InChI is InChI=1S/C19H29N3O3S.ClH/c1-15-7-8-17(19(23)21-14-16-6-5-9-20-13-16)12-18(15)26(24,25)22-10-3-2-4-11-22;/h7-8,12,16,20H,2-6,9-11,13-14H2,1H3,(H,21,23);1H. The first kappa shape index (κ1) is 22.1. The number of hydrogen-bond acceptors (Lipinski definition) is 4. The maximum atomic E-state index is 13.0. The van der Waals surface area contributed by atoms with Gasteiger partial charge in [-0.05, 0) is 69.3 Å². The van der Waals surface area contributed by atoms with Gasteiger partial charge in [0.1, 0.15) is 0 Å². The van der Waals surface area contributed by atoms with Crippen molar-refractivity contribution in [2.24, 2.45) is 5.92 Å². The summed E-state index contributed by atoms with van der Waals surface area (Å²) >= 11 is 0. The molecule has 2 saturated heterocycles. The maximum absolute atomic E-state index is 13.0. The Kier molecular flexibility index (Phi) is 8.09. The molecule has 2 fully saturated rings. The first-order chi connectivity index (χ1) is 12.5. The van der Waals surface area contributed by atoms with E-state index in [9.17, 15) is 13.2 Å². The van der Waals surface area contributed by atoms with Crippen molar-refractivity contribution < 1.29 is 13.2 Å². The van der Waals surface area contributed by atoms with Gasteiger partial charge < -0.3 is 10.6 Å². The van der Waals surface area contributed by atoms with Gasteiger partial charge >= 0.3 is 0 Å². The number of piperidine rings is 2. The van der Waals surface area contributed by atoms with Crippen LogP contribution in [0.15, 0.2) is 23.1 Å². The molecule has 152 valence electrons. The monoisotopic (exact) mass is 415 g/mol. The number of amides is 1. The largest absolute Gasteiger partial charge is 0.352 e. The normalized spacial score (nSPS) is 21.3. The Labute approximate surface area is 168 Å². The fourth-order valence-electron chi connectivity index (χ4n) is 3.70. The van der Waals surface area contributed by atoms with Crippen LogP contribution in [0.1, 0.15) is 48.0 Å². The molecule has 1 aromatic rings. The molecule has 0 bridgehead atoms. The lowest BCUT2D eigenvalue weighted by molar-refractivity contribution is 0.0944. The van der Waals surface area contributed by atoms with Gasteiger partial charge in [0, 0.05) is 25.2 Å². The predicted octanol–water partition coefficient (Wildman–Crippen LogP) is 2.32. The molecular formula is C19H30ClN3O3S. The molecule has 8 heteroatoms. The minimum Gasteiger partial charge on any atom is -0.352 e. The number of carbonyl (C=O) groups excluding carboxylic acids is 1. The summed E-state index contributed by atoms with van der Waals surface area (Å²) in [7, 11) is -3.54. The molecule has 1 atom stereocenters. The number of nitrogens with one attached hydrogen (secondary N) is 2. The van der Waals surface area contributed by atoms with Crippen molar-refractivity contribution >= 4 is 28.3 Å². The third-order valence-electron chi connectivity index (χ3n) is 5.33. The van der Waals surface area contributed by atoms with Gasteiger partial charge in [-0.1, -0.05) is 12.5 Å². The molecule has 0 spiro atoms. The lowest BCUT2D eigenvalue weighted by Gasteiger charge is -2.26. The Morgan fingerprint density at radius 2 is 1.96 bits per heavy atom. The number of aryl methyl sites for hydroxylation is 1. The average Bonchev–Trinajstić information content (AvgIpc) is 2.68. The van der Waals surface area contributed by atoms with Crippen LogP contribution in [0.5, 0.6) is 0 Å². The fraction of sp³-hybridized carbons (Fsp3) is 0.632. The maximum Gasteiger partial charge on any atom is 0.251 e. The zero-order chi connectivity index (χ0) is 18.6. The van der Waals surface area contributed by atoms with E-state index in [0.29, 0.717) is 36.7 Å². The molecule has 27 heavy (non-hydrogen) atoms. The van der Waals surface area contributed by atoms with E-state index in [-0.39, 0.29) is 23.2 Å². The van der Waals surface area contributed by atoms with E-state index in [1.165, 1.54) is 6.07 Å². The van der Waals surface area contributed by atoms with E-state index in [4.69, 9.17) is 0 Å². The van der Waals surface area contributed by atoms with Crippen LogP contribution in [-0.4, -0.2) is 51.4 Å². The van der Waals surface area contributed by atoms with Crippen LogP contribution in [0.25, 0.3) is 0 Å². The number of sulfonamides is 1. The Balaban J connectivity index is 0.00000261. The number of hydrogen-bond donors (Lipinski definition) is 2. The lowest BCUT2D eigenvalue weighted by Crippen LogP contribution is -2.38. The Hall–Kier alpha value is -1.15. The van der Waals surface area contributed by atoms with E-state index in [1.54, 1.807) is 23.4 Å². The van der Waals surface area contributed by atoms with Gasteiger partial charge in [0.05, 0.1) is 4.90 Å². The van der Waals surface area contributed by atoms with Crippen molar-refractivity contribution in [1.82, 2.24) is 14.9 Å². The summed E-state index contributed by atoms with van der Waals surface area (Å²) < 4.78 is 27.5. The highest BCUT2D eigenvalue weighted by Gasteiger charge is 2.28. The van der Waals surface area contributed by atoms with Crippen LogP contribution in [0.2, 0.25) is 0 Å². The van der Waals surface area contributed by atoms with Gasteiger partial charge in [-0.3, -0.25) is 4.79 Å². The number of benzene rings is 1. The molecule has 0 aromatic heterocycles. The van der Waals surface area contributed by atoms with E-state index >= 15 is 0 Å². The molecule has 3 rings (SSSR count). The number of rotatable bonds is 5. The number of carbonyl (C=O) groups is 1. The van der Waals surface area contributed by atoms with Gasteiger partial charge in [0.25, 0.3) is 5.91 Å². The lowest BCUT2D eigenvalue weighted by atomic mass is 9.99. The molecule has 6 nitrogen and oxygen atoms in total. The zero-order valence-corrected chi connectivity index (χ0v) is 17.5. The highest BCUT2D eigenvalue weighted by Crippen LogP contribution is 2.24. The summed E-state index contributed by atoms with van der Waals surface area (Å²) in [5.41, 5.74) is 1.10. The molecule has 1 aromatic carbocycles. The van der Waals surface area contributed by atoms with Crippen molar-refractivity contribution in [3.05, 3.63) is 29.3 Å². The molecule has 2 heterocycles. The molecule has 2 aliphatic rings. The predicted molar refractivity (Wildman–Crippen MR) is 109 cm³/mol. The highest BCUT2D eigenvalue weighted by atomic mass is 35.5. The Bertz CT molecular complexity index is 743. The summed E-state index contributed by atoms with van der Waals surface area (Å²) in [6.45, 7) is 5.49. The molecule has 0 saturated carbocycles. The van der Waals surface area contributed by atoms with Crippen molar-refractivity contribution in [2.45, 2.75) is 43.9 Å². The zero-order valence-electron chi connectivity index (χ0n) is 15.9. The van der Waals surface area contributed by atoms with Crippen LogP contribution in [-0.2, 0) is 10.0 Å². The summed E-state index contributed by atoms with van der Waals surface area (Å²) in [5.74, 6) is 0.236. The van der Waals surface area contributed by atoms with Gasteiger partial charge in [-0.2, -0.15) is 4.31 Å². The summed E-state index contributed by atoms with van der Waals surface area (Å²) in [4.78, 5) is 12.8. The molecule has 1 unspecified atom stereocenters. The van der Waals surface area contributed by atoms with E-state index in [2.05, 4.69) is 10.6 Å². The second kappa shape index (κ2) is 9.87. The first-order valence-corrected chi connectivity index (χ1v) is 11.0. The molecular weight excluding hydrogens is 386 g/mol. The first-order valence-electron chi connectivity index (χ1n) is 9.58. The average molecular weight is 416 g/mol. The minimum absolute atomic E-state index is 0. The fourth-order valence-corrected chi connectivity index (χ4v) is 5.47. The van der Waals surface area contributed by atoms with Gasteiger partial charge in [0.2, 0.25) is 10.0 Å². The van der Waals surface area contributed by atoms with Crippen molar-refractivity contribution in [3.63, 3.8) is 0 Å². The number of halogens is 1. The van der Waals surface area contributed by atoms with Gasteiger partial charge in [-0.15, -0.1) is 12.4 Å². The summed E-state index contributed by atoms with van der Waals surface area (Å²) in [6.07, 6.45) is 5.10. The molecule has 2 N–H and O–H groups in total. The van der Waals surface area contributed by atoms with E-state index < -0.39 is 10.0 Å². The summed E-state index contributed by atoms with van der Waals surface area (Å²) in [5, 5.41) is 6.29. The third kappa shape index (κ3) is 5.44. The van der Waals surface area contributed by atoms with Crippen LogP contribution in [0.4, 0.5) is 0 Å². The van der Waals surface area contributed by atoms with Crippen molar-refractivity contribution in [3.8, 4) is 0 Å². The van der Waals surface area contributed by atoms with Crippen molar-refractivity contribution in [1.29, 1.82) is 0 Å². The highest BCUT2D eigenvalue weighted by molar-refractivity contribution is 7.89. The number of nitrogens with zero attached hydrogens (tertiary/aromatic N) is 1. The summed E-state index contributed by atoms with van der Waals surface area (Å²) in [6, 6.07) is 4.97. The van der Waals surface area contributed by atoms with Crippen LogP contribution in [0, 0.1) is 12.8 Å². The Morgan fingerprint density at radius 3 is 2.63 bits per heavy atom. The minimum atomic E-state index is -3.54. The second-order valence-electron chi connectivity index (χ2n) is 7.37. The SMILES string of the molecule is Cc1ccc(C(=O)NCC2CCCNC2)cc1S(=O)(=O)N1CCCCC1.Cl. The second-order valence-corrected chi connectivity index (χ2v) is 9.27. The van der Waals surface area contributed by atoms with E-state index in [0.717, 1.165) is 45.2 Å². The Morgan fingerprint density at radius 1 is 1.22 bits per heavy atom. The molecule has 0 aliphatic carbocycles. The smallest absolute Gasteiger partial charge is 0.251 e.